The van der Waals surface area contributed by atoms with E-state index in [0.29, 0.717) is 5.11 Å². The van der Waals surface area contributed by atoms with E-state index >= 15 is 0 Å². The molecule has 2 N–H and O–H groups in total. The lowest BCUT2D eigenvalue weighted by molar-refractivity contribution is -0.384. The third kappa shape index (κ3) is 5.15. The van der Waals surface area contributed by atoms with Crippen molar-refractivity contribution in [2.24, 2.45) is 0 Å². The topological polar surface area (TPSA) is 67.2 Å². The Morgan fingerprint density at radius 2 is 2.05 bits per heavy atom. The van der Waals surface area contributed by atoms with E-state index in [2.05, 4.69) is 16.7 Å². The molecule has 1 aliphatic rings. The Labute approximate surface area is 129 Å². The van der Waals surface area contributed by atoms with Crippen molar-refractivity contribution in [3.8, 4) is 0 Å². The van der Waals surface area contributed by atoms with Gasteiger partial charge in [0, 0.05) is 24.4 Å². The first-order chi connectivity index (χ1) is 10.1. The molecule has 0 amide bonds. The molecule has 0 unspecified atom stereocenters. The maximum atomic E-state index is 10.6. The van der Waals surface area contributed by atoms with Crippen LogP contribution in [-0.2, 0) is 0 Å². The van der Waals surface area contributed by atoms with Gasteiger partial charge in [-0.1, -0.05) is 11.6 Å². The fourth-order valence-corrected chi connectivity index (χ4v) is 2.53. The minimum Gasteiger partial charge on any atom is -0.362 e. The average Bonchev–Trinajstić information content (AvgIpc) is 2.49. The summed E-state index contributed by atoms with van der Waals surface area (Å²) in [5.74, 6) is 0. The van der Waals surface area contributed by atoms with Crippen molar-refractivity contribution in [1.82, 2.24) is 5.32 Å². The number of rotatable bonds is 5. The van der Waals surface area contributed by atoms with Crippen LogP contribution in [0.4, 0.5) is 11.4 Å². The number of nitro groups is 1. The summed E-state index contributed by atoms with van der Waals surface area (Å²) in [5.41, 5.74) is 2.32. The number of non-ortho nitro benzene ring substituents is 1. The van der Waals surface area contributed by atoms with Gasteiger partial charge in [0.2, 0.25) is 0 Å². The number of allylic oxidation sites excluding steroid dienone is 1. The van der Waals surface area contributed by atoms with Crippen LogP contribution in [0.1, 0.15) is 32.1 Å². The highest BCUT2D eigenvalue weighted by Gasteiger charge is 2.06. The first kappa shape index (κ1) is 15.4. The minimum absolute atomic E-state index is 0.0728. The third-order valence-corrected chi connectivity index (χ3v) is 3.70. The van der Waals surface area contributed by atoms with Crippen LogP contribution in [0.25, 0.3) is 0 Å². The highest BCUT2D eigenvalue weighted by molar-refractivity contribution is 7.80. The predicted octanol–water partition coefficient (Wildman–Crippen LogP) is 3.77. The highest BCUT2D eigenvalue weighted by Crippen LogP contribution is 2.19. The highest BCUT2D eigenvalue weighted by atomic mass is 32.1. The Morgan fingerprint density at radius 3 is 2.67 bits per heavy atom. The van der Waals surface area contributed by atoms with Gasteiger partial charge >= 0.3 is 0 Å². The molecule has 112 valence electrons. The van der Waals surface area contributed by atoms with E-state index in [9.17, 15) is 10.1 Å². The van der Waals surface area contributed by atoms with Crippen molar-refractivity contribution < 1.29 is 4.92 Å². The van der Waals surface area contributed by atoms with Crippen molar-refractivity contribution >= 4 is 28.7 Å². The van der Waals surface area contributed by atoms with Gasteiger partial charge in [-0.05, 0) is 56.5 Å². The molecular formula is C15H19N3O2S. The fraction of sp³-hybridized carbons (Fsp3) is 0.400. The first-order valence-electron chi connectivity index (χ1n) is 7.12. The average molecular weight is 305 g/mol. The van der Waals surface area contributed by atoms with E-state index in [1.54, 1.807) is 12.1 Å². The molecule has 0 bridgehead atoms. The number of nitro benzene ring substituents is 1. The molecule has 1 aromatic rings. The third-order valence-electron chi connectivity index (χ3n) is 3.45. The van der Waals surface area contributed by atoms with E-state index < -0.39 is 4.92 Å². The van der Waals surface area contributed by atoms with Crippen LogP contribution < -0.4 is 10.6 Å². The lowest BCUT2D eigenvalue weighted by Crippen LogP contribution is -2.29. The Kier molecular flexibility index (Phi) is 5.68. The molecule has 1 aromatic carbocycles. The number of anilines is 1. The van der Waals surface area contributed by atoms with Gasteiger partial charge in [0.25, 0.3) is 5.69 Å². The van der Waals surface area contributed by atoms with Gasteiger partial charge in [0.15, 0.2) is 5.11 Å². The van der Waals surface area contributed by atoms with Crippen molar-refractivity contribution in [3.63, 3.8) is 0 Å². The summed E-state index contributed by atoms with van der Waals surface area (Å²) in [4.78, 5) is 10.1. The number of hydrogen-bond acceptors (Lipinski definition) is 3. The summed E-state index contributed by atoms with van der Waals surface area (Å²) >= 11 is 5.21. The second-order valence-corrected chi connectivity index (χ2v) is 5.45. The SMILES string of the molecule is O=[N+]([O-])c1ccc(NC(=S)NCCC2=CCCCC2)cc1. The van der Waals surface area contributed by atoms with Crippen LogP contribution in [0.5, 0.6) is 0 Å². The molecule has 0 saturated heterocycles. The first-order valence-corrected chi connectivity index (χ1v) is 7.53. The normalized spacial score (nSPS) is 14.2. The van der Waals surface area contributed by atoms with Gasteiger partial charge in [-0.2, -0.15) is 0 Å². The van der Waals surface area contributed by atoms with Crippen LogP contribution in [0.15, 0.2) is 35.9 Å². The Bertz CT molecular complexity index is 540. The van der Waals surface area contributed by atoms with E-state index in [1.807, 2.05) is 0 Å². The molecular weight excluding hydrogens is 286 g/mol. The zero-order valence-corrected chi connectivity index (χ0v) is 12.6. The zero-order chi connectivity index (χ0) is 15.1. The van der Waals surface area contributed by atoms with E-state index in [4.69, 9.17) is 12.2 Å². The number of hydrogen-bond donors (Lipinski definition) is 2. The number of nitrogens with zero attached hydrogens (tertiary/aromatic N) is 1. The van der Waals surface area contributed by atoms with Crippen molar-refractivity contribution in [2.75, 3.05) is 11.9 Å². The smallest absolute Gasteiger partial charge is 0.269 e. The monoisotopic (exact) mass is 305 g/mol. The van der Waals surface area contributed by atoms with Crippen LogP contribution in [0.2, 0.25) is 0 Å². The lowest BCUT2D eigenvalue weighted by atomic mass is 9.97. The number of benzene rings is 1. The van der Waals surface area contributed by atoms with Crippen molar-refractivity contribution in [3.05, 3.63) is 46.0 Å². The molecule has 0 heterocycles. The summed E-state index contributed by atoms with van der Waals surface area (Å²) in [6, 6.07) is 6.21. The number of nitrogens with one attached hydrogen (secondary N) is 2. The minimum atomic E-state index is -0.418. The standard InChI is InChI=1S/C15H19N3O2S/c19-18(20)14-8-6-13(7-9-14)17-15(21)16-11-10-12-4-2-1-3-5-12/h4,6-9H,1-3,5,10-11H2,(H2,16,17,21). The van der Waals surface area contributed by atoms with E-state index in [-0.39, 0.29) is 5.69 Å². The van der Waals surface area contributed by atoms with E-state index in [0.717, 1.165) is 18.7 Å². The molecule has 0 fully saturated rings. The fourth-order valence-electron chi connectivity index (χ4n) is 2.31. The van der Waals surface area contributed by atoms with Gasteiger partial charge in [-0.25, -0.2) is 0 Å². The van der Waals surface area contributed by atoms with Crippen LogP contribution in [0, 0.1) is 10.1 Å². The molecule has 0 radical (unpaired) electrons. The molecule has 0 atom stereocenters. The van der Waals surface area contributed by atoms with Gasteiger partial charge in [0.05, 0.1) is 4.92 Å². The molecule has 0 aliphatic heterocycles. The second-order valence-electron chi connectivity index (χ2n) is 5.04. The van der Waals surface area contributed by atoms with Crippen LogP contribution >= 0.6 is 12.2 Å². The van der Waals surface area contributed by atoms with Gasteiger partial charge in [0.1, 0.15) is 0 Å². The van der Waals surface area contributed by atoms with E-state index in [1.165, 1.54) is 43.4 Å². The quantitative estimate of drug-likeness (QED) is 0.375. The molecule has 0 saturated carbocycles. The molecule has 0 aromatic heterocycles. The summed E-state index contributed by atoms with van der Waals surface area (Å²) in [6.45, 7) is 0.810. The van der Waals surface area contributed by atoms with Gasteiger partial charge in [-0.15, -0.1) is 0 Å². The zero-order valence-electron chi connectivity index (χ0n) is 11.8. The van der Waals surface area contributed by atoms with Crippen LogP contribution in [-0.4, -0.2) is 16.6 Å². The second kappa shape index (κ2) is 7.73. The maximum Gasteiger partial charge on any atom is 0.269 e. The summed E-state index contributed by atoms with van der Waals surface area (Å²) in [7, 11) is 0. The lowest BCUT2D eigenvalue weighted by Gasteiger charge is -2.14. The molecule has 21 heavy (non-hydrogen) atoms. The maximum absolute atomic E-state index is 10.6. The number of thiocarbonyl (C=S) groups is 1. The summed E-state index contributed by atoms with van der Waals surface area (Å²) in [5, 5.41) is 17.3. The predicted molar refractivity (Wildman–Crippen MR) is 88.5 cm³/mol. The molecule has 6 heteroatoms. The van der Waals surface area contributed by atoms with Gasteiger partial charge < -0.3 is 10.6 Å². The van der Waals surface area contributed by atoms with Crippen molar-refractivity contribution in [2.45, 2.75) is 32.1 Å². The van der Waals surface area contributed by atoms with Crippen LogP contribution in [0.3, 0.4) is 0 Å². The Hall–Kier alpha value is -1.95. The molecule has 5 nitrogen and oxygen atoms in total. The van der Waals surface area contributed by atoms with Crippen molar-refractivity contribution in [1.29, 1.82) is 0 Å². The molecule has 1 aliphatic carbocycles. The van der Waals surface area contributed by atoms with Gasteiger partial charge in [-0.3, -0.25) is 10.1 Å². The Morgan fingerprint density at radius 1 is 1.29 bits per heavy atom. The Balaban J connectivity index is 1.73. The largest absolute Gasteiger partial charge is 0.362 e. The summed E-state index contributed by atoms with van der Waals surface area (Å²) in [6.07, 6.45) is 8.33. The molecule has 0 spiro atoms. The molecule has 2 rings (SSSR count). The summed E-state index contributed by atoms with van der Waals surface area (Å²) < 4.78 is 0.